The van der Waals surface area contributed by atoms with E-state index in [1.807, 2.05) is 61.5 Å². The van der Waals surface area contributed by atoms with Crippen molar-refractivity contribution in [1.29, 1.82) is 0 Å². The summed E-state index contributed by atoms with van der Waals surface area (Å²) >= 11 is 0. The second-order valence-corrected chi connectivity index (χ2v) is 10.7. The van der Waals surface area contributed by atoms with Gasteiger partial charge in [0.15, 0.2) is 0 Å². The molecule has 1 aliphatic heterocycles. The predicted octanol–water partition coefficient (Wildman–Crippen LogP) is 6.69. The van der Waals surface area contributed by atoms with Crippen LogP contribution >= 0.6 is 0 Å². The van der Waals surface area contributed by atoms with E-state index in [0.29, 0.717) is 5.69 Å². The summed E-state index contributed by atoms with van der Waals surface area (Å²) in [4.78, 5) is 5.24. The number of nitrogens with zero attached hydrogens (tertiary/aromatic N) is 2. The van der Waals surface area contributed by atoms with Crippen LogP contribution in [0.5, 0.6) is 0 Å². The molecule has 1 saturated carbocycles. The first kappa shape index (κ1) is 21.7. The van der Waals surface area contributed by atoms with Crippen LogP contribution in [0.4, 0.5) is 11.4 Å². The van der Waals surface area contributed by atoms with Gasteiger partial charge < -0.3 is 0 Å². The largest absolute Gasteiger partial charge is 0.268 e. The summed E-state index contributed by atoms with van der Waals surface area (Å²) in [7, 11) is -3.74. The Morgan fingerprint density at radius 3 is 2.45 bits per heavy atom. The van der Waals surface area contributed by atoms with Crippen LogP contribution < -0.4 is 4.31 Å². The van der Waals surface area contributed by atoms with Gasteiger partial charge in [0, 0.05) is 17.3 Å². The molecule has 4 nitrogen and oxygen atoms in total. The van der Waals surface area contributed by atoms with E-state index in [0.717, 1.165) is 43.4 Å². The van der Waals surface area contributed by atoms with Crippen molar-refractivity contribution < 1.29 is 8.42 Å². The zero-order valence-corrected chi connectivity index (χ0v) is 19.6. The van der Waals surface area contributed by atoms with Crippen molar-refractivity contribution in [3.05, 3.63) is 102 Å². The van der Waals surface area contributed by atoms with E-state index in [9.17, 15) is 8.42 Å². The van der Waals surface area contributed by atoms with E-state index in [-0.39, 0.29) is 10.3 Å². The highest BCUT2D eigenvalue weighted by atomic mass is 32.2. The summed E-state index contributed by atoms with van der Waals surface area (Å²) in [6, 6.07) is 24.7. The van der Waals surface area contributed by atoms with Crippen LogP contribution in [0.3, 0.4) is 0 Å². The lowest BCUT2D eigenvalue weighted by Crippen LogP contribution is -2.35. The molecule has 0 amide bonds. The van der Waals surface area contributed by atoms with E-state index in [1.54, 1.807) is 18.3 Å². The summed E-state index contributed by atoms with van der Waals surface area (Å²) in [5, 5.41) is 0. The van der Waals surface area contributed by atoms with Crippen molar-refractivity contribution >= 4 is 27.1 Å². The van der Waals surface area contributed by atoms with Crippen molar-refractivity contribution in [2.75, 3.05) is 4.31 Å². The number of sulfonamides is 1. The number of fused-ring (bicyclic) bond motifs is 3. The Morgan fingerprint density at radius 2 is 1.67 bits per heavy atom. The van der Waals surface area contributed by atoms with E-state index in [4.69, 9.17) is 4.99 Å². The zero-order chi connectivity index (χ0) is 22.9. The maximum atomic E-state index is 13.6. The molecule has 33 heavy (non-hydrogen) atoms. The standard InChI is InChI=1S/C28H28N2O2S/c1-22-15-17-24(18-16-22)33(31,32)30(23-10-3-2-4-11-23)21-9-20-28-19-8-7-14-27(28)29-26-13-6-5-12-25(26)28/h2-6,9-13,15-18,21H,7-8,14,19-20H2,1H3/b21-9+/t28-/m0/s1. The normalized spacial score (nSPS) is 19.7. The van der Waals surface area contributed by atoms with Gasteiger partial charge in [0.25, 0.3) is 10.0 Å². The molecule has 0 unspecified atom stereocenters. The molecule has 1 aliphatic carbocycles. The van der Waals surface area contributed by atoms with Crippen LogP contribution in [-0.2, 0) is 15.4 Å². The number of benzene rings is 3. The molecular weight excluding hydrogens is 428 g/mol. The third kappa shape index (κ3) is 3.91. The lowest BCUT2D eigenvalue weighted by Gasteiger charge is -2.35. The van der Waals surface area contributed by atoms with Crippen molar-refractivity contribution in [3.63, 3.8) is 0 Å². The molecule has 168 valence electrons. The minimum atomic E-state index is -3.74. The topological polar surface area (TPSA) is 49.7 Å². The summed E-state index contributed by atoms with van der Waals surface area (Å²) in [6.45, 7) is 1.95. The summed E-state index contributed by atoms with van der Waals surface area (Å²) in [6.07, 6.45) is 8.85. The summed E-state index contributed by atoms with van der Waals surface area (Å²) in [5.74, 6) is 0. The minimum Gasteiger partial charge on any atom is -0.257 e. The number of rotatable bonds is 6. The molecule has 0 saturated heterocycles. The number of aliphatic imine (C=N–C) groups is 1. The van der Waals surface area contributed by atoms with Gasteiger partial charge in [-0.3, -0.25) is 4.99 Å². The number of hydrogen-bond acceptors (Lipinski definition) is 3. The number of anilines is 1. The number of hydrogen-bond donors (Lipinski definition) is 0. The quantitative estimate of drug-likeness (QED) is 0.415. The highest BCUT2D eigenvalue weighted by Gasteiger charge is 2.43. The fraction of sp³-hybridized carbons (Fsp3) is 0.250. The Morgan fingerprint density at radius 1 is 0.939 bits per heavy atom. The Bertz CT molecular complexity index is 1310. The summed E-state index contributed by atoms with van der Waals surface area (Å²) < 4.78 is 28.6. The number of para-hydroxylation sites is 2. The fourth-order valence-corrected chi connectivity index (χ4v) is 6.41. The van der Waals surface area contributed by atoms with Gasteiger partial charge in [-0.05, 0) is 68.5 Å². The monoisotopic (exact) mass is 456 g/mol. The van der Waals surface area contributed by atoms with Crippen LogP contribution in [0, 0.1) is 6.92 Å². The fourth-order valence-electron chi connectivity index (χ4n) is 5.06. The van der Waals surface area contributed by atoms with Gasteiger partial charge in [-0.2, -0.15) is 0 Å². The minimum absolute atomic E-state index is 0.124. The first-order valence-corrected chi connectivity index (χ1v) is 13.0. The lowest BCUT2D eigenvalue weighted by atomic mass is 9.67. The highest BCUT2D eigenvalue weighted by Crippen LogP contribution is 2.49. The van der Waals surface area contributed by atoms with Crippen molar-refractivity contribution in [2.45, 2.75) is 49.3 Å². The maximum absolute atomic E-state index is 13.6. The number of aryl methyl sites for hydroxylation is 1. The molecule has 1 fully saturated rings. The molecule has 0 radical (unpaired) electrons. The maximum Gasteiger partial charge on any atom is 0.268 e. The van der Waals surface area contributed by atoms with Crippen LogP contribution in [0.25, 0.3) is 0 Å². The van der Waals surface area contributed by atoms with Gasteiger partial charge in [0.05, 0.1) is 16.3 Å². The molecule has 5 heteroatoms. The van der Waals surface area contributed by atoms with Gasteiger partial charge >= 0.3 is 0 Å². The van der Waals surface area contributed by atoms with E-state index < -0.39 is 10.0 Å². The molecule has 0 bridgehead atoms. The smallest absolute Gasteiger partial charge is 0.257 e. The number of allylic oxidation sites excluding steroid dienone is 1. The second-order valence-electron chi connectivity index (χ2n) is 8.90. The van der Waals surface area contributed by atoms with Gasteiger partial charge in [-0.1, -0.05) is 66.6 Å². The van der Waals surface area contributed by atoms with Crippen molar-refractivity contribution in [2.24, 2.45) is 4.99 Å². The summed E-state index contributed by atoms with van der Waals surface area (Å²) in [5.41, 5.74) is 5.11. The van der Waals surface area contributed by atoms with Crippen LogP contribution in [-0.4, -0.2) is 14.1 Å². The zero-order valence-electron chi connectivity index (χ0n) is 18.8. The first-order chi connectivity index (χ1) is 16.0. The Labute approximate surface area is 196 Å². The van der Waals surface area contributed by atoms with E-state index >= 15 is 0 Å². The van der Waals surface area contributed by atoms with Crippen LogP contribution in [0.2, 0.25) is 0 Å². The molecule has 3 aromatic carbocycles. The molecule has 0 spiro atoms. The van der Waals surface area contributed by atoms with Crippen molar-refractivity contribution in [1.82, 2.24) is 0 Å². The first-order valence-electron chi connectivity index (χ1n) is 11.5. The third-order valence-electron chi connectivity index (χ3n) is 6.79. The highest BCUT2D eigenvalue weighted by molar-refractivity contribution is 7.93. The average molecular weight is 457 g/mol. The van der Waals surface area contributed by atoms with Crippen molar-refractivity contribution in [3.8, 4) is 0 Å². The molecule has 0 N–H and O–H groups in total. The van der Waals surface area contributed by atoms with E-state index in [1.165, 1.54) is 15.6 Å². The predicted molar refractivity (Wildman–Crippen MR) is 135 cm³/mol. The molecule has 1 atom stereocenters. The SMILES string of the molecule is Cc1ccc(S(=O)(=O)N(/C=C/C[C@]23CCCCC2=Nc2ccccc23)c2ccccc2)cc1. The van der Waals surface area contributed by atoms with Gasteiger partial charge in [0.2, 0.25) is 0 Å². The third-order valence-corrected chi connectivity index (χ3v) is 8.51. The Balaban J connectivity index is 1.51. The van der Waals surface area contributed by atoms with Crippen LogP contribution in [0.1, 0.15) is 43.2 Å². The van der Waals surface area contributed by atoms with Gasteiger partial charge in [0.1, 0.15) is 0 Å². The molecule has 1 heterocycles. The molecule has 0 aromatic heterocycles. The lowest BCUT2D eigenvalue weighted by molar-refractivity contribution is 0.466. The van der Waals surface area contributed by atoms with Gasteiger partial charge in [-0.25, -0.2) is 12.7 Å². The molecule has 5 rings (SSSR count). The second kappa shape index (κ2) is 8.64. The van der Waals surface area contributed by atoms with Gasteiger partial charge in [-0.15, -0.1) is 0 Å². The van der Waals surface area contributed by atoms with E-state index in [2.05, 4.69) is 18.2 Å². The molecular formula is C28H28N2O2S. The Hall–Kier alpha value is -3.18. The van der Waals surface area contributed by atoms with Crippen LogP contribution in [0.15, 0.2) is 101 Å². The Kier molecular flexibility index (Phi) is 5.67. The molecule has 2 aliphatic rings. The molecule has 3 aromatic rings. The average Bonchev–Trinajstić information content (AvgIpc) is 3.17.